The largest absolute Gasteiger partial charge is 0.252 e. The first kappa shape index (κ1) is 13.3. The highest BCUT2D eigenvalue weighted by molar-refractivity contribution is 4.95. The van der Waals surface area contributed by atoms with Gasteiger partial charge in [0.05, 0.1) is 17.6 Å². The van der Waals surface area contributed by atoms with Crippen molar-refractivity contribution in [1.29, 1.82) is 0 Å². The van der Waals surface area contributed by atoms with Gasteiger partial charge < -0.3 is 0 Å². The topological polar surface area (TPSA) is 61.4 Å². The SMILES string of the molecule is c1c2nnn1CCCCC2.c1nnn2c1CCCCC2. The van der Waals surface area contributed by atoms with Gasteiger partial charge >= 0.3 is 0 Å². The fourth-order valence-electron chi connectivity index (χ4n) is 2.72. The lowest BCUT2D eigenvalue weighted by atomic mass is 10.1. The minimum Gasteiger partial charge on any atom is -0.252 e. The van der Waals surface area contributed by atoms with Crippen molar-refractivity contribution in [1.82, 2.24) is 30.0 Å². The quantitative estimate of drug-likeness (QED) is 0.737. The van der Waals surface area contributed by atoms with E-state index in [4.69, 9.17) is 0 Å². The van der Waals surface area contributed by atoms with E-state index in [-0.39, 0.29) is 0 Å². The molecule has 0 atom stereocenters. The molecule has 0 saturated heterocycles. The van der Waals surface area contributed by atoms with Crippen LogP contribution in [-0.4, -0.2) is 30.0 Å². The molecule has 6 nitrogen and oxygen atoms in total. The van der Waals surface area contributed by atoms with E-state index in [2.05, 4.69) is 26.8 Å². The van der Waals surface area contributed by atoms with Gasteiger partial charge in [-0.25, -0.2) is 4.68 Å². The van der Waals surface area contributed by atoms with Crippen LogP contribution in [0, 0.1) is 0 Å². The van der Waals surface area contributed by atoms with E-state index in [1.54, 1.807) is 0 Å². The Labute approximate surface area is 119 Å². The average molecular weight is 274 g/mol. The van der Waals surface area contributed by atoms with Gasteiger partial charge in [-0.1, -0.05) is 23.3 Å². The van der Waals surface area contributed by atoms with Gasteiger partial charge in [-0.05, 0) is 38.5 Å². The van der Waals surface area contributed by atoms with Crippen molar-refractivity contribution in [3.8, 4) is 0 Å². The van der Waals surface area contributed by atoms with Crippen LogP contribution in [0.2, 0.25) is 0 Å². The van der Waals surface area contributed by atoms with Crippen LogP contribution in [0.4, 0.5) is 0 Å². The Hall–Kier alpha value is -1.72. The van der Waals surface area contributed by atoms with E-state index < -0.39 is 0 Å². The molecule has 4 rings (SSSR count). The Morgan fingerprint density at radius 1 is 0.850 bits per heavy atom. The van der Waals surface area contributed by atoms with Gasteiger partial charge in [-0.2, -0.15) is 0 Å². The Morgan fingerprint density at radius 2 is 1.70 bits per heavy atom. The van der Waals surface area contributed by atoms with Crippen molar-refractivity contribution >= 4 is 0 Å². The van der Waals surface area contributed by atoms with Crippen LogP contribution in [0.1, 0.15) is 49.9 Å². The number of hydrogen-bond acceptors (Lipinski definition) is 4. The molecule has 2 aliphatic heterocycles. The van der Waals surface area contributed by atoms with Crippen LogP contribution in [0.25, 0.3) is 0 Å². The zero-order valence-corrected chi connectivity index (χ0v) is 11.9. The van der Waals surface area contributed by atoms with Crippen molar-refractivity contribution in [2.24, 2.45) is 0 Å². The second-order valence-corrected chi connectivity index (χ2v) is 5.54. The highest BCUT2D eigenvalue weighted by atomic mass is 15.4. The van der Waals surface area contributed by atoms with Crippen molar-refractivity contribution in [3.63, 3.8) is 0 Å². The number of fused-ring (bicyclic) bond motifs is 3. The lowest BCUT2D eigenvalue weighted by molar-refractivity contribution is 0.530. The molecule has 2 aromatic heterocycles. The fraction of sp³-hybridized carbons (Fsp3) is 0.714. The second-order valence-electron chi connectivity index (χ2n) is 5.54. The minimum absolute atomic E-state index is 1.05. The van der Waals surface area contributed by atoms with Gasteiger partial charge in [-0.3, -0.25) is 4.68 Å². The van der Waals surface area contributed by atoms with Gasteiger partial charge in [0, 0.05) is 19.3 Å². The summed E-state index contributed by atoms with van der Waals surface area (Å²) in [5.74, 6) is 0. The predicted octanol–water partition coefficient (Wildman–Crippen LogP) is 2.01. The summed E-state index contributed by atoms with van der Waals surface area (Å²) in [6, 6.07) is 0. The smallest absolute Gasteiger partial charge is 0.0827 e. The zero-order chi connectivity index (χ0) is 13.6. The minimum atomic E-state index is 1.05. The standard InChI is InChI=1S/2C7H11N3/c1-2-4-7-6-10(5-3-1)9-8-7;1-2-4-7-6-8-9-10(7)5-3-1/h2*6H,1-5H2. The van der Waals surface area contributed by atoms with Crippen molar-refractivity contribution in [2.45, 2.75) is 64.5 Å². The molecule has 2 bridgehead atoms. The van der Waals surface area contributed by atoms with Gasteiger partial charge in [0.25, 0.3) is 0 Å². The van der Waals surface area contributed by atoms with Crippen LogP contribution < -0.4 is 0 Å². The molecule has 0 N–H and O–H groups in total. The lowest BCUT2D eigenvalue weighted by Crippen LogP contribution is -2.01. The summed E-state index contributed by atoms with van der Waals surface area (Å²) >= 11 is 0. The van der Waals surface area contributed by atoms with Crippen molar-refractivity contribution < 1.29 is 0 Å². The third kappa shape index (κ3) is 3.43. The first-order chi connectivity index (χ1) is 9.92. The summed E-state index contributed by atoms with van der Waals surface area (Å²) in [7, 11) is 0. The molecule has 0 radical (unpaired) electrons. The first-order valence-corrected chi connectivity index (χ1v) is 7.68. The normalized spacial score (nSPS) is 18.0. The van der Waals surface area contributed by atoms with E-state index in [9.17, 15) is 0 Å². The molecule has 0 unspecified atom stereocenters. The van der Waals surface area contributed by atoms with E-state index in [1.807, 2.05) is 15.6 Å². The maximum Gasteiger partial charge on any atom is 0.0827 e. The number of hydrogen-bond donors (Lipinski definition) is 0. The van der Waals surface area contributed by atoms with Crippen LogP contribution >= 0.6 is 0 Å². The molecule has 0 aromatic carbocycles. The molecular weight excluding hydrogens is 252 g/mol. The lowest BCUT2D eigenvalue weighted by Gasteiger charge is -2.01. The summed E-state index contributed by atoms with van der Waals surface area (Å²) in [6.45, 7) is 2.11. The van der Waals surface area contributed by atoms with Crippen LogP contribution in [0.15, 0.2) is 12.4 Å². The van der Waals surface area contributed by atoms with Gasteiger partial charge in [0.15, 0.2) is 0 Å². The van der Waals surface area contributed by atoms with Gasteiger partial charge in [-0.15, -0.1) is 10.2 Å². The number of aryl methyl sites for hydroxylation is 4. The Morgan fingerprint density at radius 3 is 2.65 bits per heavy atom. The van der Waals surface area contributed by atoms with Crippen LogP contribution in [0.5, 0.6) is 0 Å². The third-order valence-electron chi connectivity index (χ3n) is 3.91. The molecule has 0 saturated carbocycles. The maximum atomic E-state index is 4.03. The molecule has 0 spiro atoms. The van der Waals surface area contributed by atoms with Crippen LogP contribution in [0.3, 0.4) is 0 Å². The Kier molecular flexibility index (Phi) is 4.40. The first-order valence-electron chi connectivity index (χ1n) is 7.68. The average Bonchev–Trinajstić information content (AvgIpc) is 3.04. The van der Waals surface area contributed by atoms with Crippen LogP contribution in [-0.2, 0) is 25.9 Å². The van der Waals surface area contributed by atoms with E-state index in [0.717, 1.165) is 31.6 Å². The number of aromatic nitrogens is 6. The molecule has 4 heterocycles. The third-order valence-corrected chi connectivity index (χ3v) is 3.91. The molecule has 20 heavy (non-hydrogen) atoms. The highest BCUT2D eigenvalue weighted by Gasteiger charge is 2.06. The predicted molar refractivity (Wildman–Crippen MR) is 75.2 cm³/mol. The molecule has 0 amide bonds. The summed E-state index contributed by atoms with van der Waals surface area (Å²) in [5, 5.41) is 15.9. The maximum absolute atomic E-state index is 4.03. The summed E-state index contributed by atoms with van der Waals surface area (Å²) in [6.07, 6.45) is 13.9. The fourth-order valence-corrected chi connectivity index (χ4v) is 2.72. The summed E-state index contributed by atoms with van der Waals surface area (Å²) in [4.78, 5) is 0. The number of rotatable bonds is 0. The molecule has 0 fully saturated rings. The second kappa shape index (κ2) is 6.63. The van der Waals surface area contributed by atoms with Crippen molar-refractivity contribution in [3.05, 3.63) is 23.8 Å². The van der Waals surface area contributed by atoms with E-state index in [1.165, 1.54) is 44.2 Å². The zero-order valence-electron chi connectivity index (χ0n) is 11.9. The van der Waals surface area contributed by atoms with Gasteiger partial charge in [0.1, 0.15) is 0 Å². The number of nitrogens with zero attached hydrogens (tertiary/aromatic N) is 6. The Balaban J connectivity index is 0.000000121. The molecule has 108 valence electrons. The monoisotopic (exact) mass is 274 g/mol. The van der Waals surface area contributed by atoms with Crippen molar-refractivity contribution in [2.75, 3.05) is 0 Å². The van der Waals surface area contributed by atoms with E-state index >= 15 is 0 Å². The molecule has 0 aliphatic carbocycles. The Bertz CT molecular complexity index is 488. The summed E-state index contributed by atoms with van der Waals surface area (Å²) in [5.41, 5.74) is 2.46. The molecular formula is C14H22N6. The summed E-state index contributed by atoms with van der Waals surface area (Å²) < 4.78 is 3.96. The van der Waals surface area contributed by atoms with E-state index in [0.29, 0.717) is 0 Å². The molecule has 6 heteroatoms. The molecule has 2 aliphatic rings. The van der Waals surface area contributed by atoms with Gasteiger partial charge in [0.2, 0.25) is 0 Å². The highest BCUT2D eigenvalue weighted by Crippen LogP contribution is 2.11. The molecule has 2 aromatic rings.